The van der Waals surface area contributed by atoms with Crippen LogP contribution in [0, 0.1) is 0 Å². The van der Waals surface area contributed by atoms with E-state index >= 15 is 0 Å². The number of carbonyl (C=O) groups excluding carboxylic acids is 2. The van der Waals surface area contributed by atoms with Crippen molar-refractivity contribution in [2.75, 3.05) is 6.79 Å². The summed E-state index contributed by atoms with van der Waals surface area (Å²) in [6, 6.07) is 10.3. The summed E-state index contributed by atoms with van der Waals surface area (Å²) in [4.78, 5) is 26.2. The summed E-state index contributed by atoms with van der Waals surface area (Å²) in [5.74, 6) is 0.0370. The molecular weight excluding hydrogens is 318 g/mol. The summed E-state index contributed by atoms with van der Waals surface area (Å²) in [7, 11) is 0. The van der Waals surface area contributed by atoms with E-state index in [1.165, 1.54) is 4.90 Å². The molecule has 0 bridgehead atoms. The molecule has 0 aromatic heterocycles. The van der Waals surface area contributed by atoms with E-state index in [4.69, 9.17) is 21.1 Å². The number of ether oxygens (including phenoxy) is 2. The van der Waals surface area contributed by atoms with Crippen molar-refractivity contribution in [3.8, 4) is 5.75 Å². The SMILES string of the molecule is O=C1c2ccccc2C(=O)N1Cc1cc(Cl)cc2c1OCOC2. The Labute approximate surface area is 137 Å². The Morgan fingerprint density at radius 1 is 1.09 bits per heavy atom. The minimum absolute atomic E-state index is 0.120. The van der Waals surface area contributed by atoms with Gasteiger partial charge in [0.15, 0.2) is 6.79 Å². The lowest BCUT2D eigenvalue weighted by atomic mass is 10.1. The van der Waals surface area contributed by atoms with Gasteiger partial charge in [0.25, 0.3) is 11.8 Å². The minimum atomic E-state index is -0.300. The van der Waals surface area contributed by atoms with E-state index in [0.717, 1.165) is 5.56 Å². The van der Waals surface area contributed by atoms with Gasteiger partial charge in [-0.3, -0.25) is 14.5 Å². The average Bonchev–Trinajstić information content (AvgIpc) is 2.80. The number of hydrogen-bond acceptors (Lipinski definition) is 4. The van der Waals surface area contributed by atoms with Crippen molar-refractivity contribution in [2.24, 2.45) is 0 Å². The summed E-state index contributed by atoms with van der Waals surface area (Å²) in [6.45, 7) is 0.657. The molecule has 0 unspecified atom stereocenters. The summed E-state index contributed by atoms with van der Waals surface area (Å²) in [5.41, 5.74) is 2.37. The van der Waals surface area contributed by atoms with E-state index in [1.807, 2.05) is 0 Å². The maximum absolute atomic E-state index is 12.5. The molecule has 5 nitrogen and oxygen atoms in total. The van der Waals surface area contributed by atoms with Crippen LogP contribution in [-0.4, -0.2) is 23.5 Å². The number of fused-ring (bicyclic) bond motifs is 2. The molecule has 116 valence electrons. The number of halogens is 1. The van der Waals surface area contributed by atoms with Crippen molar-refractivity contribution >= 4 is 23.4 Å². The first kappa shape index (κ1) is 14.2. The van der Waals surface area contributed by atoms with Crippen molar-refractivity contribution in [3.05, 3.63) is 63.7 Å². The fraction of sp³-hybridized carbons (Fsp3) is 0.176. The van der Waals surface area contributed by atoms with Crippen LogP contribution < -0.4 is 4.74 Å². The number of carbonyl (C=O) groups is 2. The smallest absolute Gasteiger partial charge is 0.261 e. The Hall–Kier alpha value is -2.37. The largest absolute Gasteiger partial charge is 0.467 e. The number of amides is 2. The number of benzene rings is 2. The lowest BCUT2D eigenvalue weighted by molar-refractivity contribution is -0.0173. The van der Waals surface area contributed by atoms with Gasteiger partial charge in [0.05, 0.1) is 24.3 Å². The molecule has 0 saturated heterocycles. The highest BCUT2D eigenvalue weighted by Crippen LogP contribution is 2.34. The first-order valence-corrected chi connectivity index (χ1v) is 7.50. The van der Waals surface area contributed by atoms with Crippen LogP contribution in [0.3, 0.4) is 0 Å². The van der Waals surface area contributed by atoms with E-state index in [-0.39, 0.29) is 25.2 Å². The molecule has 0 saturated carbocycles. The molecule has 2 heterocycles. The van der Waals surface area contributed by atoms with Crippen molar-refractivity contribution in [1.82, 2.24) is 4.90 Å². The first-order chi connectivity index (χ1) is 11.1. The normalized spacial score (nSPS) is 16.1. The van der Waals surface area contributed by atoms with Gasteiger partial charge in [-0.25, -0.2) is 0 Å². The maximum Gasteiger partial charge on any atom is 0.261 e. The third kappa shape index (κ3) is 2.29. The number of imide groups is 1. The Balaban J connectivity index is 1.71. The summed E-state index contributed by atoms with van der Waals surface area (Å²) in [5, 5.41) is 0.518. The van der Waals surface area contributed by atoms with Crippen molar-refractivity contribution in [3.63, 3.8) is 0 Å². The van der Waals surface area contributed by atoms with Crippen molar-refractivity contribution in [2.45, 2.75) is 13.2 Å². The highest BCUT2D eigenvalue weighted by molar-refractivity contribution is 6.30. The Bertz CT molecular complexity index is 798. The Morgan fingerprint density at radius 3 is 2.48 bits per heavy atom. The Kier molecular flexibility index (Phi) is 3.32. The van der Waals surface area contributed by atoms with Crippen LogP contribution in [0.1, 0.15) is 31.8 Å². The lowest BCUT2D eigenvalue weighted by Crippen LogP contribution is -2.29. The summed E-state index contributed by atoms with van der Waals surface area (Å²) in [6.07, 6.45) is 0. The second-order valence-corrected chi connectivity index (χ2v) is 5.84. The minimum Gasteiger partial charge on any atom is -0.467 e. The second kappa shape index (κ2) is 5.37. The molecule has 23 heavy (non-hydrogen) atoms. The predicted octanol–water partition coefficient (Wildman–Crippen LogP) is 3.00. The molecule has 2 aromatic carbocycles. The summed E-state index contributed by atoms with van der Waals surface area (Å²) >= 11 is 6.13. The molecule has 4 rings (SSSR count). The molecule has 0 atom stereocenters. The van der Waals surface area contributed by atoms with Gasteiger partial charge in [-0.1, -0.05) is 23.7 Å². The monoisotopic (exact) mass is 329 g/mol. The second-order valence-electron chi connectivity index (χ2n) is 5.41. The van der Waals surface area contributed by atoms with Crippen molar-refractivity contribution < 1.29 is 19.1 Å². The van der Waals surface area contributed by atoms with E-state index in [2.05, 4.69) is 0 Å². The van der Waals surface area contributed by atoms with Gasteiger partial charge in [0.1, 0.15) is 5.75 Å². The maximum atomic E-state index is 12.5. The highest BCUT2D eigenvalue weighted by atomic mass is 35.5. The lowest BCUT2D eigenvalue weighted by Gasteiger charge is -2.23. The molecular formula is C17H12ClNO4. The predicted molar refractivity (Wildman–Crippen MR) is 82.4 cm³/mol. The van der Waals surface area contributed by atoms with Gasteiger partial charge in [-0.15, -0.1) is 0 Å². The number of rotatable bonds is 2. The zero-order valence-corrected chi connectivity index (χ0v) is 12.8. The van der Waals surface area contributed by atoms with Gasteiger partial charge in [0.2, 0.25) is 0 Å². The fourth-order valence-electron chi connectivity index (χ4n) is 2.93. The van der Waals surface area contributed by atoms with Crippen LogP contribution in [0.25, 0.3) is 0 Å². The van der Waals surface area contributed by atoms with Gasteiger partial charge in [-0.05, 0) is 24.3 Å². The van der Waals surface area contributed by atoms with Crippen LogP contribution in [0.5, 0.6) is 5.75 Å². The molecule has 2 aromatic rings. The standard InChI is InChI=1S/C17H12ClNO4/c18-12-5-10(15-11(6-12)8-22-9-23-15)7-19-16(20)13-3-1-2-4-14(13)17(19)21/h1-6H,7-9H2. The molecule has 6 heteroatoms. The topological polar surface area (TPSA) is 55.8 Å². The van der Waals surface area contributed by atoms with E-state index < -0.39 is 0 Å². The van der Waals surface area contributed by atoms with Gasteiger partial charge in [0, 0.05) is 16.1 Å². The van der Waals surface area contributed by atoms with Gasteiger partial charge < -0.3 is 9.47 Å². The van der Waals surface area contributed by atoms with Crippen LogP contribution >= 0.6 is 11.6 Å². The zero-order valence-electron chi connectivity index (χ0n) is 12.0. The fourth-order valence-corrected chi connectivity index (χ4v) is 3.19. The quantitative estimate of drug-likeness (QED) is 0.795. The molecule has 2 amide bonds. The summed E-state index contributed by atoms with van der Waals surface area (Å²) < 4.78 is 10.8. The van der Waals surface area contributed by atoms with Gasteiger partial charge >= 0.3 is 0 Å². The third-order valence-electron chi connectivity index (χ3n) is 3.96. The van der Waals surface area contributed by atoms with Crippen LogP contribution in [0.15, 0.2) is 36.4 Å². The molecule has 0 aliphatic carbocycles. The Morgan fingerprint density at radius 2 is 1.78 bits per heavy atom. The molecule has 2 aliphatic rings. The van der Waals surface area contributed by atoms with E-state index in [9.17, 15) is 9.59 Å². The zero-order chi connectivity index (χ0) is 16.0. The average molecular weight is 330 g/mol. The molecule has 0 radical (unpaired) electrons. The number of hydrogen-bond donors (Lipinski definition) is 0. The first-order valence-electron chi connectivity index (χ1n) is 7.12. The van der Waals surface area contributed by atoms with Crippen molar-refractivity contribution in [1.29, 1.82) is 0 Å². The van der Waals surface area contributed by atoms with Crippen LogP contribution in [0.4, 0.5) is 0 Å². The third-order valence-corrected chi connectivity index (χ3v) is 4.18. The van der Waals surface area contributed by atoms with E-state index in [0.29, 0.717) is 34.1 Å². The molecule has 0 spiro atoms. The molecule has 0 fully saturated rings. The van der Waals surface area contributed by atoms with Gasteiger partial charge in [-0.2, -0.15) is 0 Å². The molecule has 2 aliphatic heterocycles. The number of nitrogens with zero attached hydrogens (tertiary/aromatic N) is 1. The molecule has 0 N–H and O–H groups in total. The van der Waals surface area contributed by atoms with E-state index in [1.54, 1.807) is 36.4 Å². The van der Waals surface area contributed by atoms with Crippen LogP contribution in [-0.2, 0) is 17.9 Å². The highest BCUT2D eigenvalue weighted by Gasteiger charge is 2.35. The van der Waals surface area contributed by atoms with Crippen LogP contribution in [0.2, 0.25) is 5.02 Å².